The molecule has 0 aliphatic heterocycles. The van der Waals surface area contributed by atoms with Crippen molar-refractivity contribution in [1.82, 2.24) is 12.3 Å². The van der Waals surface area contributed by atoms with E-state index in [9.17, 15) is 30.7 Å². The van der Waals surface area contributed by atoms with Crippen molar-refractivity contribution >= 4 is 26.8 Å². The topological polar surface area (TPSA) is 223 Å². The largest absolute Gasteiger partial charge is 0.725 e. The number of quaternary nitrogens is 2. The van der Waals surface area contributed by atoms with E-state index in [4.69, 9.17) is 0 Å². The minimum Gasteiger partial charge on any atom is -0.725 e. The summed E-state index contributed by atoms with van der Waals surface area (Å²) in [6.45, 7) is 2.24. The summed E-state index contributed by atoms with van der Waals surface area (Å²) in [5.41, 5.74) is 0. The van der Waals surface area contributed by atoms with Crippen LogP contribution in [0.2, 0.25) is 0 Å². The number of methoxy groups -OCH3 is 1. The number of hydrogen-bond donors (Lipinski definition) is 2. The van der Waals surface area contributed by atoms with Gasteiger partial charge in [-0.3, -0.25) is 4.79 Å². The van der Waals surface area contributed by atoms with E-state index in [1.807, 2.05) is 0 Å². The minimum atomic E-state index is -5.43. The molecule has 0 bridgehead atoms. The molecule has 0 aromatic heterocycles. The van der Waals surface area contributed by atoms with Crippen LogP contribution in [0.5, 0.6) is 0 Å². The van der Waals surface area contributed by atoms with Crippen molar-refractivity contribution in [2.45, 2.75) is 71.1 Å². The first-order valence-corrected chi connectivity index (χ1v) is 10.4. The molecule has 0 saturated carbocycles. The van der Waals surface area contributed by atoms with Crippen LogP contribution >= 0.6 is 0 Å². The zero-order valence-electron chi connectivity index (χ0n) is 16.1. The summed E-state index contributed by atoms with van der Waals surface area (Å²) < 4.78 is 62.8. The van der Waals surface area contributed by atoms with E-state index < -0.39 is 20.8 Å². The van der Waals surface area contributed by atoms with Gasteiger partial charge in [-0.1, -0.05) is 58.3 Å². The summed E-state index contributed by atoms with van der Waals surface area (Å²) in [6.07, 6.45) is 12.2. The lowest BCUT2D eigenvalue weighted by molar-refractivity contribution is -0.140. The predicted molar refractivity (Wildman–Crippen MR) is 96.3 cm³/mol. The van der Waals surface area contributed by atoms with Crippen LogP contribution < -0.4 is 12.3 Å². The maximum atomic E-state index is 10.8. The van der Waals surface area contributed by atoms with E-state index in [-0.39, 0.29) is 18.3 Å². The Morgan fingerprint density at radius 3 is 1.38 bits per heavy atom. The summed E-state index contributed by atoms with van der Waals surface area (Å²) in [4.78, 5) is 10.8. The van der Waals surface area contributed by atoms with Gasteiger partial charge >= 0.3 is 5.97 Å². The fourth-order valence-electron chi connectivity index (χ4n) is 1.78. The fourth-order valence-corrected chi connectivity index (χ4v) is 2.60. The average molecular weight is 427 g/mol. The number of hydrogen-bond acceptors (Lipinski definition) is 9. The van der Waals surface area contributed by atoms with Crippen LogP contribution in [0.4, 0.5) is 0 Å². The highest BCUT2D eigenvalue weighted by Crippen LogP contribution is 2.10. The van der Waals surface area contributed by atoms with E-state index >= 15 is 0 Å². The van der Waals surface area contributed by atoms with Crippen LogP contribution in [0, 0.1) is 0 Å². The Kier molecular flexibility index (Phi) is 23.9. The molecule has 11 nitrogen and oxygen atoms in total. The Morgan fingerprint density at radius 2 is 1.12 bits per heavy atom. The van der Waals surface area contributed by atoms with Gasteiger partial charge in [-0.2, -0.15) is 3.63 Å². The van der Waals surface area contributed by atoms with Crippen molar-refractivity contribution in [3.05, 3.63) is 0 Å². The standard InChI is InChI=1S/C13H26O2.2H3N.H2O7S2/c1-3-4-5-6-7-8-9-10-11-12-13(14)15-2;;;1-8(2,3)7-9(4,5)6/h3-12H2,1-2H3;2*1H3;(H,1,2,3)(H,4,5,6). The van der Waals surface area contributed by atoms with Gasteiger partial charge in [0.25, 0.3) is 0 Å². The normalized spacial score (nSPS) is 10.6. The molecule has 26 heavy (non-hydrogen) atoms. The molecule has 0 amide bonds. The first-order valence-electron chi connectivity index (χ1n) is 7.71. The third kappa shape index (κ3) is 34.5. The van der Waals surface area contributed by atoms with Crippen LogP contribution in [-0.2, 0) is 34.0 Å². The van der Waals surface area contributed by atoms with Crippen molar-refractivity contribution in [2.75, 3.05) is 7.11 Å². The van der Waals surface area contributed by atoms with Gasteiger partial charge in [-0.15, -0.1) is 0 Å². The summed E-state index contributed by atoms with van der Waals surface area (Å²) in [7, 11) is -9.41. The zero-order valence-corrected chi connectivity index (χ0v) is 17.7. The third-order valence-electron chi connectivity index (χ3n) is 2.88. The van der Waals surface area contributed by atoms with E-state index in [1.165, 1.54) is 58.5 Å². The van der Waals surface area contributed by atoms with Gasteiger partial charge in [-0.05, 0) is 6.42 Å². The van der Waals surface area contributed by atoms with Gasteiger partial charge in [-0.25, -0.2) is 16.8 Å². The lowest BCUT2D eigenvalue weighted by atomic mass is 10.1. The van der Waals surface area contributed by atoms with Crippen LogP contribution in [0.25, 0.3) is 0 Å². The van der Waals surface area contributed by atoms with Crippen molar-refractivity contribution in [1.29, 1.82) is 0 Å². The van der Waals surface area contributed by atoms with Crippen LogP contribution in [0.3, 0.4) is 0 Å². The molecular weight excluding hydrogens is 392 g/mol. The zero-order chi connectivity index (χ0) is 19.1. The van der Waals surface area contributed by atoms with E-state index in [0.717, 1.165) is 6.42 Å². The lowest BCUT2D eigenvalue weighted by Crippen LogP contribution is -2.11. The smallest absolute Gasteiger partial charge is 0.305 e. The monoisotopic (exact) mass is 426 g/mol. The van der Waals surface area contributed by atoms with Gasteiger partial charge in [0, 0.05) is 6.42 Å². The van der Waals surface area contributed by atoms with Crippen molar-refractivity contribution in [3.8, 4) is 0 Å². The summed E-state index contributed by atoms with van der Waals surface area (Å²) in [6, 6.07) is 0. The Balaban J connectivity index is -0.000000192. The molecule has 162 valence electrons. The van der Waals surface area contributed by atoms with E-state index in [1.54, 1.807) is 0 Å². The molecule has 0 spiro atoms. The molecule has 0 atom stereocenters. The molecular formula is C13H34N2O9S2. The van der Waals surface area contributed by atoms with Crippen LogP contribution in [0.15, 0.2) is 0 Å². The highest BCUT2D eigenvalue weighted by atomic mass is 32.3. The molecule has 0 radical (unpaired) electrons. The van der Waals surface area contributed by atoms with Gasteiger partial charge < -0.3 is 26.1 Å². The molecule has 0 aliphatic rings. The van der Waals surface area contributed by atoms with Crippen molar-refractivity contribution in [3.63, 3.8) is 0 Å². The number of ether oxygens (including phenoxy) is 1. The highest BCUT2D eigenvalue weighted by Gasteiger charge is 2.00. The number of rotatable bonds is 12. The van der Waals surface area contributed by atoms with E-state index in [2.05, 4.69) is 15.3 Å². The molecule has 0 aliphatic carbocycles. The number of carbonyl (C=O) groups is 1. The lowest BCUT2D eigenvalue weighted by Gasteiger charge is -2.08. The molecule has 0 aromatic carbocycles. The molecule has 0 heterocycles. The maximum Gasteiger partial charge on any atom is 0.305 e. The Morgan fingerprint density at radius 1 is 0.769 bits per heavy atom. The second-order valence-corrected chi connectivity index (χ2v) is 7.22. The summed E-state index contributed by atoms with van der Waals surface area (Å²) in [5.74, 6) is -0.0713. The number of carbonyl (C=O) groups excluding carboxylic acids is 1. The first-order chi connectivity index (χ1) is 11.0. The minimum absolute atomic E-state index is 0. The maximum absolute atomic E-state index is 10.8. The molecule has 0 rings (SSSR count). The predicted octanol–water partition coefficient (Wildman–Crippen LogP) is 2.76. The summed E-state index contributed by atoms with van der Waals surface area (Å²) in [5, 5.41) is 0. The molecule has 13 heteroatoms. The number of esters is 1. The van der Waals surface area contributed by atoms with Gasteiger partial charge in [0.15, 0.2) is 0 Å². The van der Waals surface area contributed by atoms with Crippen molar-refractivity contribution in [2.24, 2.45) is 0 Å². The summed E-state index contributed by atoms with van der Waals surface area (Å²) >= 11 is 0. The second kappa shape index (κ2) is 18.9. The SMILES string of the molecule is CCCCCCCCCCCC(=O)OC.O=S(=O)([O-])OS(=O)(=O)[O-].[NH4+].[NH4+]. The van der Waals surface area contributed by atoms with Crippen molar-refractivity contribution < 1.29 is 39.1 Å². The first kappa shape index (κ1) is 32.8. The molecule has 0 fully saturated rings. The fraction of sp³-hybridized carbons (Fsp3) is 0.923. The van der Waals surface area contributed by atoms with Crippen LogP contribution in [-0.4, -0.2) is 39.0 Å². The molecule has 0 saturated heterocycles. The highest BCUT2D eigenvalue weighted by molar-refractivity contribution is 7.94. The van der Waals surface area contributed by atoms with Gasteiger partial charge in [0.2, 0.25) is 20.8 Å². The Hall–Kier alpha value is -0.830. The van der Waals surface area contributed by atoms with E-state index in [0.29, 0.717) is 6.42 Å². The van der Waals surface area contributed by atoms with Gasteiger partial charge in [0.05, 0.1) is 7.11 Å². The Labute approximate surface area is 156 Å². The quantitative estimate of drug-likeness (QED) is 0.202. The second-order valence-electron chi connectivity index (χ2n) is 5.04. The molecule has 0 aromatic rings. The molecule has 8 N–H and O–H groups in total. The van der Waals surface area contributed by atoms with Crippen LogP contribution in [0.1, 0.15) is 71.1 Å². The Bertz CT molecular complexity index is 492. The van der Waals surface area contributed by atoms with Gasteiger partial charge in [0.1, 0.15) is 0 Å². The molecule has 0 unspecified atom stereocenters. The third-order valence-corrected chi connectivity index (χ3v) is 4.21. The number of unbranched alkanes of at least 4 members (excludes halogenated alkanes) is 8. The average Bonchev–Trinajstić information content (AvgIpc) is 2.42.